The first-order valence-corrected chi connectivity index (χ1v) is 12.5. The number of para-hydroxylation sites is 1. The summed E-state index contributed by atoms with van der Waals surface area (Å²) in [5, 5.41) is 0. The molecule has 0 N–H and O–H groups in total. The van der Waals surface area contributed by atoms with Crippen LogP contribution < -0.4 is 4.74 Å². The van der Waals surface area contributed by atoms with Crippen LogP contribution in [-0.4, -0.2) is 27.7 Å². The number of thiocarbonyl (C=S) groups is 1. The number of benzene rings is 3. The smallest absolute Gasteiger partial charge is 0.333 e. The molecular weight excluding hydrogens is 478 g/mol. The largest absolute Gasteiger partial charge is 0.488 e. The molecule has 0 spiro atoms. The van der Waals surface area contributed by atoms with Gasteiger partial charge in [0.05, 0.1) is 11.5 Å². The first-order valence-electron chi connectivity index (χ1n) is 11.2. The number of thioether (sulfide) groups is 1. The molecule has 1 heterocycles. The van der Waals surface area contributed by atoms with Crippen LogP contribution in [0.25, 0.3) is 6.08 Å². The molecule has 0 aliphatic carbocycles. The minimum atomic E-state index is -0.942. The highest BCUT2D eigenvalue weighted by atomic mass is 32.2. The molecule has 5 nitrogen and oxygen atoms in total. The summed E-state index contributed by atoms with van der Waals surface area (Å²) in [7, 11) is 0. The van der Waals surface area contributed by atoms with E-state index in [1.807, 2.05) is 73.7 Å². The van der Waals surface area contributed by atoms with Gasteiger partial charge in [-0.25, -0.2) is 4.79 Å². The van der Waals surface area contributed by atoms with Crippen molar-refractivity contribution >= 4 is 46.3 Å². The predicted molar refractivity (Wildman–Crippen MR) is 143 cm³/mol. The molecular formula is C28H25NO4S2. The molecule has 178 valence electrons. The van der Waals surface area contributed by atoms with Gasteiger partial charge in [0.15, 0.2) is 6.04 Å². The maximum atomic E-state index is 13.5. The summed E-state index contributed by atoms with van der Waals surface area (Å²) in [5.74, 6) is -0.198. The van der Waals surface area contributed by atoms with Crippen molar-refractivity contribution in [3.8, 4) is 5.75 Å². The van der Waals surface area contributed by atoms with E-state index in [1.54, 1.807) is 25.1 Å². The number of amides is 1. The van der Waals surface area contributed by atoms with Crippen molar-refractivity contribution in [2.75, 3.05) is 6.61 Å². The Morgan fingerprint density at radius 2 is 1.71 bits per heavy atom. The van der Waals surface area contributed by atoms with Gasteiger partial charge in [-0.1, -0.05) is 102 Å². The van der Waals surface area contributed by atoms with Crippen LogP contribution in [-0.2, 0) is 20.9 Å². The van der Waals surface area contributed by atoms with E-state index in [0.29, 0.717) is 27.1 Å². The molecule has 1 aliphatic rings. The van der Waals surface area contributed by atoms with Gasteiger partial charge in [0, 0.05) is 5.56 Å². The number of ether oxygens (including phenoxy) is 2. The zero-order valence-corrected chi connectivity index (χ0v) is 21.1. The summed E-state index contributed by atoms with van der Waals surface area (Å²) in [5.41, 5.74) is 3.64. The molecule has 1 saturated heterocycles. The fraction of sp³-hybridized carbons (Fsp3) is 0.179. The Balaban J connectivity index is 1.60. The van der Waals surface area contributed by atoms with E-state index in [0.717, 1.165) is 11.1 Å². The summed E-state index contributed by atoms with van der Waals surface area (Å²) in [6.07, 6.45) is 1.76. The Kier molecular flexibility index (Phi) is 8.00. The number of carbonyl (C=O) groups is 2. The normalized spacial score (nSPS) is 15.4. The Hall–Kier alpha value is -3.42. The van der Waals surface area contributed by atoms with Gasteiger partial charge >= 0.3 is 5.97 Å². The van der Waals surface area contributed by atoms with Crippen molar-refractivity contribution in [3.63, 3.8) is 0 Å². The molecule has 0 radical (unpaired) electrons. The van der Waals surface area contributed by atoms with E-state index in [4.69, 9.17) is 21.7 Å². The highest BCUT2D eigenvalue weighted by Gasteiger charge is 2.42. The second-order valence-corrected chi connectivity index (χ2v) is 9.60. The van der Waals surface area contributed by atoms with Crippen molar-refractivity contribution in [1.29, 1.82) is 0 Å². The lowest BCUT2D eigenvalue weighted by Crippen LogP contribution is -2.38. The number of rotatable bonds is 8. The lowest BCUT2D eigenvalue weighted by Gasteiger charge is -2.25. The minimum Gasteiger partial charge on any atom is -0.488 e. The molecule has 1 fully saturated rings. The average Bonchev–Trinajstić information content (AvgIpc) is 3.13. The van der Waals surface area contributed by atoms with E-state index in [2.05, 4.69) is 0 Å². The van der Waals surface area contributed by atoms with Crippen LogP contribution in [0.2, 0.25) is 0 Å². The zero-order chi connectivity index (χ0) is 24.8. The summed E-state index contributed by atoms with van der Waals surface area (Å²) in [4.78, 5) is 28.1. The number of esters is 1. The molecule has 0 saturated carbocycles. The van der Waals surface area contributed by atoms with Gasteiger partial charge in [0.1, 0.15) is 16.7 Å². The topological polar surface area (TPSA) is 55.8 Å². The molecule has 4 rings (SSSR count). The summed E-state index contributed by atoms with van der Waals surface area (Å²) < 4.78 is 11.7. The molecule has 0 bridgehead atoms. The number of carbonyl (C=O) groups excluding carboxylic acids is 2. The molecule has 7 heteroatoms. The molecule has 1 amide bonds. The van der Waals surface area contributed by atoms with Gasteiger partial charge in [-0.15, -0.1) is 0 Å². The Morgan fingerprint density at radius 1 is 1.03 bits per heavy atom. The third kappa shape index (κ3) is 5.81. The third-order valence-corrected chi connectivity index (χ3v) is 6.76. The monoisotopic (exact) mass is 503 g/mol. The van der Waals surface area contributed by atoms with Gasteiger partial charge in [0.25, 0.3) is 5.91 Å². The molecule has 3 aromatic carbocycles. The lowest BCUT2D eigenvalue weighted by molar-refractivity contribution is -0.151. The second-order valence-electron chi connectivity index (χ2n) is 7.93. The summed E-state index contributed by atoms with van der Waals surface area (Å²) in [6.45, 7) is 4.39. The first-order chi connectivity index (χ1) is 17.0. The van der Waals surface area contributed by atoms with Crippen molar-refractivity contribution in [2.45, 2.75) is 26.5 Å². The number of hydrogen-bond donors (Lipinski definition) is 0. The third-order valence-electron chi connectivity index (χ3n) is 5.43. The highest BCUT2D eigenvalue weighted by Crippen LogP contribution is 2.39. The first kappa shape index (κ1) is 24.7. The predicted octanol–water partition coefficient (Wildman–Crippen LogP) is 6.08. The quantitative estimate of drug-likeness (QED) is 0.211. The van der Waals surface area contributed by atoms with Gasteiger partial charge in [-0.2, -0.15) is 0 Å². The van der Waals surface area contributed by atoms with E-state index >= 15 is 0 Å². The molecule has 1 unspecified atom stereocenters. The van der Waals surface area contributed by atoms with Crippen LogP contribution in [0.1, 0.15) is 35.2 Å². The van der Waals surface area contributed by atoms with Crippen LogP contribution in [0.4, 0.5) is 0 Å². The highest BCUT2D eigenvalue weighted by molar-refractivity contribution is 8.26. The number of aryl methyl sites for hydroxylation is 1. The summed E-state index contributed by atoms with van der Waals surface area (Å²) in [6, 6.07) is 23.8. The second kappa shape index (κ2) is 11.3. The SMILES string of the molecule is CCOC(=O)C(c1ccccc1)N1C(=O)/C(=C\c2ccccc2OCc2ccc(C)cc2)SC1=S. The van der Waals surface area contributed by atoms with Gasteiger partial charge < -0.3 is 9.47 Å². The molecule has 3 aromatic rings. The Morgan fingerprint density at radius 3 is 2.43 bits per heavy atom. The Labute approximate surface area is 214 Å². The van der Waals surface area contributed by atoms with E-state index < -0.39 is 12.0 Å². The van der Waals surface area contributed by atoms with Gasteiger partial charge in [-0.3, -0.25) is 9.69 Å². The van der Waals surface area contributed by atoms with Crippen molar-refractivity contribution in [3.05, 3.63) is 106 Å². The van der Waals surface area contributed by atoms with Crippen LogP contribution in [0, 0.1) is 6.92 Å². The van der Waals surface area contributed by atoms with E-state index in [1.165, 1.54) is 22.2 Å². The maximum Gasteiger partial charge on any atom is 0.333 e. The summed E-state index contributed by atoms with van der Waals surface area (Å²) >= 11 is 6.70. The van der Waals surface area contributed by atoms with Crippen LogP contribution in [0.15, 0.2) is 83.8 Å². The maximum absolute atomic E-state index is 13.5. The average molecular weight is 504 g/mol. The fourth-order valence-electron chi connectivity index (χ4n) is 3.67. The van der Waals surface area contributed by atoms with Gasteiger partial charge in [-0.05, 0) is 37.1 Å². The van der Waals surface area contributed by atoms with Crippen LogP contribution >= 0.6 is 24.0 Å². The number of nitrogens with zero attached hydrogens (tertiary/aromatic N) is 1. The molecule has 0 aromatic heterocycles. The zero-order valence-electron chi connectivity index (χ0n) is 19.5. The van der Waals surface area contributed by atoms with Gasteiger partial charge in [0.2, 0.25) is 0 Å². The van der Waals surface area contributed by atoms with Crippen molar-refractivity contribution < 1.29 is 19.1 Å². The van der Waals surface area contributed by atoms with E-state index in [9.17, 15) is 9.59 Å². The standard InChI is InChI=1S/C28H25NO4S2/c1-3-32-27(31)25(21-9-5-4-6-10-21)29-26(30)24(35-28(29)34)17-22-11-7-8-12-23(22)33-18-20-15-13-19(2)14-16-20/h4-17,25H,3,18H2,1-2H3/b24-17+. The minimum absolute atomic E-state index is 0.207. The van der Waals surface area contributed by atoms with Crippen molar-refractivity contribution in [1.82, 2.24) is 4.90 Å². The molecule has 35 heavy (non-hydrogen) atoms. The van der Waals surface area contributed by atoms with Crippen molar-refractivity contribution in [2.24, 2.45) is 0 Å². The van der Waals surface area contributed by atoms with E-state index in [-0.39, 0.29) is 12.5 Å². The lowest BCUT2D eigenvalue weighted by atomic mass is 10.1. The fourth-order valence-corrected chi connectivity index (χ4v) is 4.97. The molecule has 1 aliphatic heterocycles. The van der Waals surface area contributed by atoms with Crippen LogP contribution in [0.5, 0.6) is 5.75 Å². The number of hydrogen-bond acceptors (Lipinski definition) is 6. The Bertz CT molecular complexity index is 1260. The van der Waals surface area contributed by atoms with Crippen LogP contribution in [0.3, 0.4) is 0 Å². The molecule has 1 atom stereocenters.